The SMILES string of the molecule is CCCCC1=C2CCCC2C/C1=C\CC(O)c1ccccc1. The van der Waals surface area contributed by atoms with Crippen molar-refractivity contribution in [2.24, 2.45) is 5.92 Å². The fraction of sp³-hybridized carbons (Fsp3) is 0.524. The lowest BCUT2D eigenvalue weighted by molar-refractivity contribution is 0.181. The summed E-state index contributed by atoms with van der Waals surface area (Å²) in [5.74, 6) is 0.826. The molecule has 0 spiro atoms. The predicted molar refractivity (Wildman–Crippen MR) is 92.6 cm³/mol. The molecule has 2 aliphatic carbocycles. The van der Waals surface area contributed by atoms with Crippen LogP contribution in [0.25, 0.3) is 0 Å². The highest BCUT2D eigenvalue weighted by Gasteiger charge is 2.31. The van der Waals surface area contributed by atoms with E-state index >= 15 is 0 Å². The number of hydrogen-bond acceptors (Lipinski definition) is 1. The van der Waals surface area contributed by atoms with E-state index in [2.05, 4.69) is 13.0 Å². The fourth-order valence-corrected chi connectivity index (χ4v) is 4.08. The van der Waals surface area contributed by atoms with Gasteiger partial charge in [0, 0.05) is 0 Å². The summed E-state index contributed by atoms with van der Waals surface area (Å²) in [5, 5.41) is 10.4. The van der Waals surface area contributed by atoms with Crippen molar-refractivity contribution < 1.29 is 5.11 Å². The summed E-state index contributed by atoms with van der Waals surface area (Å²) in [5.41, 5.74) is 5.99. The van der Waals surface area contributed by atoms with Crippen LogP contribution in [-0.4, -0.2) is 5.11 Å². The Balaban J connectivity index is 1.71. The van der Waals surface area contributed by atoms with Crippen LogP contribution < -0.4 is 0 Å². The van der Waals surface area contributed by atoms with E-state index in [4.69, 9.17) is 0 Å². The number of aliphatic hydroxyl groups excluding tert-OH is 1. The lowest BCUT2D eigenvalue weighted by Crippen LogP contribution is -1.96. The van der Waals surface area contributed by atoms with Gasteiger partial charge in [0.15, 0.2) is 0 Å². The highest BCUT2D eigenvalue weighted by atomic mass is 16.3. The molecule has 0 bridgehead atoms. The first-order valence-corrected chi connectivity index (χ1v) is 8.94. The molecule has 0 amide bonds. The fourth-order valence-electron chi connectivity index (χ4n) is 4.08. The van der Waals surface area contributed by atoms with Crippen molar-refractivity contribution >= 4 is 0 Å². The molecule has 1 aromatic rings. The van der Waals surface area contributed by atoms with E-state index in [0.29, 0.717) is 0 Å². The molecular formula is C21H28O. The van der Waals surface area contributed by atoms with Crippen LogP contribution in [0.15, 0.2) is 53.1 Å². The maximum atomic E-state index is 10.4. The van der Waals surface area contributed by atoms with E-state index in [1.807, 2.05) is 30.3 Å². The van der Waals surface area contributed by atoms with E-state index in [9.17, 15) is 5.11 Å². The maximum Gasteiger partial charge on any atom is 0.0824 e. The van der Waals surface area contributed by atoms with Gasteiger partial charge in [0.1, 0.15) is 0 Å². The number of fused-ring (bicyclic) bond motifs is 1. The number of aliphatic hydroxyl groups is 1. The van der Waals surface area contributed by atoms with Gasteiger partial charge in [-0.05, 0) is 67.6 Å². The normalized spacial score (nSPS) is 24.1. The van der Waals surface area contributed by atoms with Gasteiger partial charge in [-0.15, -0.1) is 0 Å². The molecule has 2 atom stereocenters. The molecule has 1 N–H and O–H groups in total. The zero-order valence-corrected chi connectivity index (χ0v) is 13.7. The van der Waals surface area contributed by atoms with Crippen molar-refractivity contribution in [1.29, 1.82) is 0 Å². The van der Waals surface area contributed by atoms with Crippen LogP contribution in [0.1, 0.15) is 70.0 Å². The van der Waals surface area contributed by atoms with Gasteiger partial charge in [-0.2, -0.15) is 0 Å². The highest BCUT2D eigenvalue weighted by molar-refractivity contribution is 5.44. The van der Waals surface area contributed by atoms with Crippen LogP contribution in [0.4, 0.5) is 0 Å². The minimum Gasteiger partial charge on any atom is -0.388 e. The van der Waals surface area contributed by atoms with Crippen LogP contribution in [0.3, 0.4) is 0 Å². The van der Waals surface area contributed by atoms with Gasteiger partial charge in [0.05, 0.1) is 6.10 Å². The third kappa shape index (κ3) is 3.35. The number of rotatable bonds is 6. The summed E-state index contributed by atoms with van der Waals surface area (Å²) < 4.78 is 0. The Morgan fingerprint density at radius 3 is 2.86 bits per heavy atom. The van der Waals surface area contributed by atoms with E-state index in [1.54, 1.807) is 16.7 Å². The number of allylic oxidation sites excluding steroid dienone is 3. The number of hydrogen-bond donors (Lipinski definition) is 1. The van der Waals surface area contributed by atoms with Crippen LogP contribution >= 0.6 is 0 Å². The van der Waals surface area contributed by atoms with Crippen molar-refractivity contribution in [1.82, 2.24) is 0 Å². The van der Waals surface area contributed by atoms with Crippen molar-refractivity contribution in [3.63, 3.8) is 0 Å². The third-order valence-corrected chi connectivity index (χ3v) is 5.29. The first kappa shape index (κ1) is 15.6. The topological polar surface area (TPSA) is 20.2 Å². The van der Waals surface area contributed by atoms with Gasteiger partial charge in [-0.3, -0.25) is 0 Å². The van der Waals surface area contributed by atoms with E-state index in [1.165, 1.54) is 44.9 Å². The summed E-state index contributed by atoms with van der Waals surface area (Å²) in [7, 11) is 0. The number of unbranched alkanes of at least 4 members (excludes halogenated alkanes) is 1. The van der Waals surface area contributed by atoms with Crippen LogP contribution in [0.5, 0.6) is 0 Å². The van der Waals surface area contributed by atoms with E-state index < -0.39 is 0 Å². The molecule has 0 aromatic heterocycles. The summed E-state index contributed by atoms with van der Waals surface area (Å²) >= 11 is 0. The van der Waals surface area contributed by atoms with Gasteiger partial charge < -0.3 is 5.11 Å². The van der Waals surface area contributed by atoms with E-state index in [-0.39, 0.29) is 6.10 Å². The minimum absolute atomic E-state index is 0.369. The molecule has 0 heterocycles. The molecule has 1 nitrogen and oxygen atoms in total. The molecule has 1 fully saturated rings. The quantitative estimate of drug-likeness (QED) is 0.711. The maximum absolute atomic E-state index is 10.4. The zero-order chi connectivity index (χ0) is 15.4. The second-order valence-corrected chi connectivity index (χ2v) is 6.79. The number of benzene rings is 1. The standard InChI is InChI=1S/C21H28O/c1-2-3-11-19-18(15-17-10-7-12-20(17)19)13-14-21(22)16-8-5-4-6-9-16/h4-6,8-9,13,17,21-22H,2-3,7,10-12,14-15H2,1H3/b18-13+. The third-order valence-electron chi connectivity index (χ3n) is 5.29. The smallest absolute Gasteiger partial charge is 0.0824 e. The molecule has 1 saturated carbocycles. The molecule has 2 aliphatic rings. The van der Waals surface area contributed by atoms with Gasteiger partial charge in [0.2, 0.25) is 0 Å². The molecule has 3 rings (SSSR count). The lowest BCUT2D eigenvalue weighted by atomic mass is 9.97. The second kappa shape index (κ2) is 7.28. The van der Waals surface area contributed by atoms with Crippen molar-refractivity contribution in [3.05, 3.63) is 58.7 Å². The molecule has 2 unspecified atom stereocenters. The monoisotopic (exact) mass is 296 g/mol. The van der Waals surface area contributed by atoms with Gasteiger partial charge >= 0.3 is 0 Å². The summed E-state index contributed by atoms with van der Waals surface area (Å²) in [6.07, 6.45) is 11.8. The lowest BCUT2D eigenvalue weighted by Gasteiger charge is -2.11. The molecule has 118 valence electrons. The van der Waals surface area contributed by atoms with Gasteiger partial charge in [-0.25, -0.2) is 0 Å². The first-order valence-electron chi connectivity index (χ1n) is 8.94. The average molecular weight is 296 g/mol. The molecule has 0 radical (unpaired) electrons. The van der Waals surface area contributed by atoms with Crippen molar-refractivity contribution in [2.45, 2.75) is 64.4 Å². The Labute approximate surface area is 134 Å². The Morgan fingerprint density at radius 1 is 1.27 bits per heavy atom. The second-order valence-electron chi connectivity index (χ2n) is 6.79. The van der Waals surface area contributed by atoms with Crippen molar-refractivity contribution in [3.8, 4) is 0 Å². The average Bonchev–Trinajstić information content (AvgIpc) is 3.12. The minimum atomic E-state index is -0.369. The van der Waals surface area contributed by atoms with Crippen LogP contribution in [-0.2, 0) is 0 Å². The highest BCUT2D eigenvalue weighted by Crippen LogP contribution is 2.48. The molecule has 1 heteroatoms. The summed E-state index contributed by atoms with van der Waals surface area (Å²) in [4.78, 5) is 0. The molecular weight excluding hydrogens is 268 g/mol. The Bertz CT molecular complexity index is 553. The molecule has 1 aromatic carbocycles. The Kier molecular flexibility index (Phi) is 5.15. The Hall–Kier alpha value is -1.34. The summed E-state index contributed by atoms with van der Waals surface area (Å²) in [6.45, 7) is 2.27. The van der Waals surface area contributed by atoms with Crippen molar-refractivity contribution in [2.75, 3.05) is 0 Å². The predicted octanol–water partition coefficient (Wildman–Crippen LogP) is 5.73. The first-order chi connectivity index (χ1) is 10.8. The zero-order valence-electron chi connectivity index (χ0n) is 13.7. The molecule has 0 aliphatic heterocycles. The van der Waals surface area contributed by atoms with Gasteiger partial charge in [0.25, 0.3) is 0 Å². The molecule has 0 saturated heterocycles. The summed E-state index contributed by atoms with van der Waals surface area (Å²) in [6, 6.07) is 10.0. The molecule has 22 heavy (non-hydrogen) atoms. The van der Waals surface area contributed by atoms with Crippen LogP contribution in [0.2, 0.25) is 0 Å². The largest absolute Gasteiger partial charge is 0.388 e. The van der Waals surface area contributed by atoms with Gasteiger partial charge in [-0.1, -0.05) is 55.3 Å². The Morgan fingerprint density at radius 2 is 2.09 bits per heavy atom. The van der Waals surface area contributed by atoms with Crippen LogP contribution in [0, 0.1) is 5.92 Å². The van der Waals surface area contributed by atoms with E-state index in [0.717, 1.165) is 17.9 Å².